The van der Waals surface area contributed by atoms with Crippen LogP contribution in [0, 0.1) is 5.92 Å². The Bertz CT molecular complexity index is 1020. The molecule has 31 heavy (non-hydrogen) atoms. The first kappa shape index (κ1) is 22.4. The van der Waals surface area contributed by atoms with Crippen molar-refractivity contribution in [2.45, 2.75) is 63.9 Å². The normalized spacial score (nSPS) is 19.2. The van der Waals surface area contributed by atoms with Crippen molar-refractivity contribution in [3.05, 3.63) is 29.2 Å². The number of carbonyl (C=O) groups is 1. The summed E-state index contributed by atoms with van der Waals surface area (Å²) in [5, 5.41) is 2.01. The summed E-state index contributed by atoms with van der Waals surface area (Å²) in [6.45, 7) is 9.03. The van der Waals surface area contributed by atoms with Gasteiger partial charge in [0.05, 0.1) is 34.2 Å². The van der Waals surface area contributed by atoms with Gasteiger partial charge in [-0.25, -0.2) is 18.9 Å². The third-order valence-corrected chi connectivity index (χ3v) is 7.50. The Balaban J connectivity index is 1.57. The molecule has 0 radical (unpaired) electrons. The first-order chi connectivity index (χ1) is 14.7. The van der Waals surface area contributed by atoms with Gasteiger partial charge in [0, 0.05) is 24.4 Å². The van der Waals surface area contributed by atoms with Crippen molar-refractivity contribution in [2.24, 2.45) is 5.92 Å². The van der Waals surface area contributed by atoms with Crippen molar-refractivity contribution in [1.29, 1.82) is 0 Å². The lowest BCUT2D eigenvalue weighted by Gasteiger charge is -2.39. The van der Waals surface area contributed by atoms with E-state index < -0.39 is 11.0 Å². The van der Waals surface area contributed by atoms with Crippen LogP contribution in [0.25, 0.3) is 10.8 Å². The van der Waals surface area contributed by atoms with E-state index >= 15 is 0 Å². The SMILES string of the molecule is CC[C@@H](NS(=O)C(C)(C)C)c1cnc(OC2CN(C(=O)C3CC3)C2)c2cnc(Cl)cc12. The highest BCUT2D eigenvalue weighted by molar-refractivity contribution is 7.84. The van der Waals surface area contributed by atoms with Crippen LogP contribution in [0.1, 0.15) is 58.6 Å². The zero-order chi connectivity index (χ0) is 22.3. The Labute approximate surface area is 190 Å². The first-order valence-electron chi connectivity index (χ1n) is 10.7. The lowest BCUT2D eigenvalue weighted by Crippen LogP contribution is -2.56. The molecular formula is C22H29ClN4O3S. The average molecular weight is 465 g/mol. The summed E-state index contributed by atoms with van der Waals surface area (Å²) < 4.78 is 21.7. The fraction of sp³-hybridized carbons (Fsp3) is 0.591. The largest absolute Gasteiger partial charge is 0.470 e. The highest BCUT2D eigenvalue weighted by Crippen LogP contribution is 2.35. The Morgan fingerprint density at radius 2 is 2.00 bits per heavy atom. The maximum Gasteiger partial charge on any atom is 0.225 e. The van der Waals surface area contributed by atoms with Gasteiger partial charge in [0.1, 0.15) is 11.3 Å². The number of carbonyl (C=O) groups excluding carboxylic acids is 1. The molecule has 0 bridgehead atoms. The molecule has 2 fully saturated rings. The molecule has 1 saturated carbocycles. The van der Waals surface area contributed by atoms with Gasteiger partial charge in [-0.1, -0.05) is 18.5 Å². The molecule has 1 saturated heterocycles. The van der Waals surface area contributed by atoms with Crippen molar-refractivity contribution in [3.63, 3.8) is 0 Å². The Morgan fingerprint density at radius 1 is 1.29 bits per heavy atom. The molecule has 1 N–H and O–H groups in total. The van der Waals surface area contributed by atoms with E-state index in [9.17, 15) is 9.00 Å². The molecule has 9 heteroatoms. The van der Waals surface area contributed by atoms with Crippen LogP contribution >= 0.6 is 11.6 Å². The van der Waals surface area contributed by atoms with Gasteiger partial charge in [-0.15, -0.1) is 0 Å². The number of nitrogens with one attached hydrogen (secondary N) is 1. The van der Waals surface area contributed by atoms with Crippen LogP contribution in [0.3, 0.4) is 0 Å². The van der Waals surface area contributed by atoms with E-state index in [4.69, 9.17) is 16.3 Å². The predicted molar refractivity (Wildman–Crippen MR) is 122 cm³/mol. The topological polar surface area (TPSA) is 84.4 Å². The summed E-state index contributed by atoms with van der Waals surface area (Å²) in [6.07, 6.45) is 6.11. The molecule has 3 heterocycles. The summed E-state index contributed by atoms with van der Waals surface area (Å²) in [5.41, 5.74) is 0.908. The number of hydrogen-bond donors (Lipinski definition) is 1. The van der Waals surface area contributed by atoms with Gasteiger partial charge in [0.15, 0.2) is 0 Å². The molecule has 4 rings (SSSR count). The number of likely N-dealkylation sites (tertiary alicyclic amines) is 1. The number of nitrogens with zero attached hydrogens (tertiary/aromatic N) is 3. The minimum Gasteiger partial charge on any atom is -0.470 e. The van der Waals surface area contributed by atoms with Gasteiger partial charge in [-0.05, 0) is 57.0 Å². The quantitative estimate of drug-likeness (QED) is 0.630. The Morgan fingerprint density at radius 3 is 2.61 bits per heavy atom. The van der Waals surface area contributed by atoms with E-state index in [-0.39, 0.29) is 28.7 Å². The number of fused-ring (bicyclic) bond motifs is 1. The number of pyridine rings is 2. The molecular weight excluding hydrogens is 436 g/mol. The van der Waals surface area contributed by atoms with Crippen molar-refractivity contribution in [3.8, 4) is 5.88 Å². The van der Waals surface area contributed by atoms with Crippen molar-refractivity contribution < 1.29 is 13.7 Å². The van der Waals surface area contributed by atoms with Gasteiger partial charge in [-0.3, -0.25) is 4.79 Å². The van der Waals surface area contributed by atoms with Crippen LogP contribution in [0.4, 0.5) is 0 Å². The monoisotopic (exact) mass is 464 g/mol. The average Bonchev–Trinajstić information content (AvgIpc) is 3.52. The molecule has 2 aromatic heterocycles. The van der Waals surface area contributed by atoms with E-state index in [1.807, 2.05) is 32.6 Å². The third-order valence-electron chi connectivity index (χ3n) is 5.69. The van der Waals surface area contributed by atoms with Crippen LogP contribution in [0.15, 0.2) is 18.5 Å². The minimum absolute atomic E-state index is 0.0755. The lowest BCUT2D eigenvalue weighted by atomic mass is 10.0. The summed E-state index contributed by atoms with van der Waals surface area (Å²) in [5.74, 6) is 0.950. The van der Waals surface area contributed by atoms with Gasteiger partial charge < -0.3 is 9.64 Å². The zero-order valence-electron chi connectivity index (χ0n) is 18.4. The summed E-state index contributed by atoms with van der Waals surface area (Å²) in [4.78, 5) is 22.8. The van der Waals surface area contributed by atoms with Crippen LogP contribution in [-0.2, 0) is 15.8 Å². The predicted octanol–water partition coefficient (Wildman–Crippen LogP) is 3.79. The minimum atomic E-state index is -1.23. The number of hydrogen-bond acceptors (Lipinski definition) is 5. The Hall–Kier alpha value is -1.77. The summed E-state index contributed by atoms with van der Waals surface area (Å²) >= 11 is 6.21. The molecule has 2 aliphatic rings. The molecule has 0 spiro atoms. The fourth-order valence-corrected chi connectivity index (χ4v) is 4.65. The van der Waals surface area contributed by atoms with Gasteiger partial charge in [-0.2, -0.15) is 0 Å². The van der Waals surface area contributed by atoms with Crippen molar-refractivity contribution >= 4 is 39.3 Å². The van der Waals surface area contributed by atoms with E-state index in [2.05, 4.69) is 14.7 Å². The van der Waals surface area contributed by atoms with Crippen LogP contribution in [-0.4, -0.2) is 48.9 Å². The maximum absolute atomic E-state index is 12.7. The molecule has 1 amide bonds. The smallest absolute Gasteiger partial charge is 0.225 e. The van der Waals surface area contributed by atoms with Gasteiger partial charge >= 0.3 is 0 Å². The van der Waals surface area contributed by atoms with Crippen molar-refractivity contribution in [2.75, 3.05) is 13.1 Å². The summed E-state index contributed by atoms with van der Waals surface area (Å²) in [6, 6.07) is 1.65. The van der Waals surface area contributed by atoms with Gasteiger partial charge in [0.2, 0.25) is 11.8 Å². The standard InChI is InChI=1S/C22H29ClN4O3S/c1-5-18(26-31(29)22(2,3)4)16-9-25-20(17-10-24-19(23)8-15(16)17)30-14-11-27(12-14)21(28)13-6-7-13/h8-10,13-14,18,26H,5-7,11-12H2,1-4H3/t18-,31?/m1/s1. The maximum atomic E-state index is 12.7. The van der Waals surface area contributed by atoms with E-state index in [0.717, 1.165) is 35.6 Å². The van der Waals surface area contributed by atoms with Crippen LogP contribution in [0.2, 0.25) is 5.15 Å². The molecule has 2 atom stereocenters. The second kappa shape index (κ2) is 8.64. The van der Waals surface area contributed by atoms with Crippen LogP contribution in [0.5, 0.6) is 5.88 Å². The number of aromatic nitrogens is 2. The number of amides is 1. The fourth-order valence-electron chi connectivity index (χ4n) is 3.59. The van der Waals surface area contributed by atoms with Crippen LogP contribution < -0.4 is 9.46 Å². The molecule has 168 valence electrons. The second-order valence-corrected chi connectivity index (χ2v) is 11.7. The van der Waals surface area contributed by atoms with Crippen molar-refractivity contribution in [1.82, 2.24) is 19.6 Å². The van der Waals surface area contributed by atoms with Gasteiger partial charge in [0.25, 0.3) is 0 Å². The van der Waals surface area contributed by atoms with E-state index in [1.165, 1.54) is 0 Å². The van der Waals surface area contributed by atoms with E-state index in [1.54, 1.807) is 18.5 Å². The molecule has 7 nitrogen and oxygen atoms in total. The summed E-state index contributed by atoms with van der Waals surface area (Å²) in [7, 11) is -1.23. The van der Waals surface area contributed by atoms with E-state index in [0.29, 0.717) is 24.1 Å². The molecule has 1 unspecified atom stereocenters. The highest BCUT2D eigenvalue weighted by atomic mass is 35.5. The first-order valence-corrected chi connectivity index (χ1v) is 12.3. The number of rotatable bonds is 7. The Kier molecular flexibility index (Phi) is 6.25. The molecule has 2 aromatic rings. The second-order valence-electron chi connectivity index (χ2n) is 9.29. The number of halogens is 1. The molecule has 1 aliphatic heterocycles. The lowest BCUT2D eigenvalue weighted by molar-refractivity contribution is -0.141. The number of ether oxygens (including phenoxy) is 1. The third kappa shape index (κ3) is 4.86. The zero-order valence-corrected chi connectivity index (χ0v) is 19.9. The highest BCUT2D eigenvalue weighted by Gasteiger charge is 2.40. The molecule has 1 aliphatic carbocycles. The molecule has 0 aromatic carbocycles.